The first-order chi connectivity index (χ1) is 8.41. The van der Waals surface area contributed by atoms with Gasteiger partial charge in [-0.25, -0.2) is 0 Å². The van der Waals surface area contributed by atoms with E-state index in [1.54, 1.807) is 12.1 Å². The van der Waals surface area contributed by atoms with Crippen molar-refractivity contribution in [2.75, 3.05) is 5.75 Å². The normalized spacial score (nSPS) is 10.7. The predicted molar refractivity (Wildman–Crippen MR) is 73.3 cm³/mol. The summed E-state index contributed by atoms with van der Waals surface area (Å²) in [4.78, 5) is 22.4. The van der Waals surface area contributed by atoms with E-state index in [-0.39, 0.29) is 11.5 Å². The van der Waals surface area contributed by atoms with Crippen molar-refractivity contribution < 1.29 is 9.72 Å². The van der Waals surface area contributed by atoms with E-state index >= 15 is 0 Å². The summed E-state index contributed by atoms with van der Waals surface area (Å²) in [5.41, 5.74) is 0.409. The van der Waals surface area contributed by atoms with Gasteiger partial charge in [0, 0.05) is 11.6 Å². The number of nitro benzene ring substituents is 1. The van der Waals surface area contributed by atoms with Gasteiger partial charge in [-0.15, -0.1) is 11.8 Å². The van der Waals surface area contributed by atoms with Gasteiger partial charge in [0.05, 0.1) is 9.82 Å². The third-order valence-electron chi connectivity index (χ3n) is 2.51. The molecule has 0 radical (unpaired) electrons. The Kier molecular flexibility index (Phi) is 5.34. The van der Waals surface area contributed by atoms with Crippen LogP contribution in [0.15, 0.2) is 23.1 Å². The van der Waals surface area contributed by atoms with E-state index in [0.717, 1.165) is 12.2 Å². The standard InChI is InChI=1S/C13H17NO3S/c1-9(2)6-7-18-13-5-4-11(10(3)15)8-12(13)14(16)17/h4-5,8-9H,6-7H2,1-3H3. The van der Waals surface area contributed by atoms with Crippen molar-refractivity contribution in [3.63, 3.8) is 0 Å². The highest BCUT2D eigenvalue weighted by Gasteiger charge is 2.16. The molecule has 98 valence electrons. The highest BCUT2D eigenvalue weighted by atomic mass is 32.2. The van der Waals surface area contributed by atoms with Gasteiger partial charge < -0.3 is 0 Å². The molecular formula is C13H17NO3S. The molecule has 4 nitrogen and oxygen atoms in total. The van der Waals surface area contributed by atoms with Gasteiger partial charge in [-0.05, 0) is 37.1 Å². The molecule has 5 heteroatoms. The summed E-state index contributed by atoms with van der Waals surface area (Å²) in [5, 5.41) is 11.0. The first-order valence-corrected chi connectivity index (χ1v) is 6.82. The van der Waals surface area contributed by atoms with Crippen molar-refractivity contribution in [2.45, 2.75) is 32.1 Å². The van der Waals surface area contributed by atoms with Crippen LogP contribution in [0.4, 0.5) is 5.69 Å². The van der Waals surface area contributed by atoms with Gasteiger partial charge in [-0.3, -0.25) is 14.9 Å². The minimum absolute atomic E-state index is 0.0245. The largest absolute Gasteiger partial charge is 0.295 e. The Morgan fingerprint density at radius 3 is 2.61 bits per heavy atom. The fourth-order valence-electron chi connectivity index (χ4n) is 1.41. The molecule has 0 aliphatic rings. The molecule has 1 aromatic rings. The maximum absolute atomic E-state index is 11.2. The van der Waals surface area contributed by atoms with Crippen LogP contribution in [0.1, 0.15) is 37.6 Å². The Hall–Kier alpha value is -1.36. The number of hydrogen-bond acceptors (Lipinski definition) is 4. The molecule has 0 N–H and O–H groups in total. The van der Waals surface area contributed by atoms with Crippen LogP contribution < -0.4 is 0 Å². The highest BCUT2D eigenvalue weighted by Crippen LogP contribution is 2.31. The van der Waals surface area contributed by atoms with Crippen molar-refractivity contribution >= 4 is 23.2 Å². The van der Waals surface area contributed by atoms with E-state index in [1.165, 1.54) is 24.8 Å². The molecule has 0 amide bonds. The van der Waals surface area contributed by atoms with Gasteiger partial charge in [0.1, 0.15) is 0 Å². The molecular weight excluding hydrogens is 250 g/mol. The van der Waals surface area contributed by atoms with Gasteiger partial charge >= 0.3 is 0 Å². The third kappa shape index (κ3) is 4.14. The number of hydrogen-bond donors (Lipinski definition) is 0. The maximum atomic E-state index is 11.2. The summed E-state index contributed by atoms with van der Waals surface area (Å²) in [6.07, 6.45) is 1.01. The van der Waals surface area contributed by atoms with Crippen molar-refractivity contribution in [2.24, 2.45) is 5.92 Å². The summed E-state index contributed by atoms with van der Waals surface area (Å²) < 4.78 is 0. The SMILES string of the molecule is CC(=O)c1ccc(SCCC(C)C)c([N+](=O)[O-])c1. The molecule has 0 saturated heterocycles. The zero-order valence-electron chi connectivity index (χ0n) is 10.8. The molecule has 0 aliphatic carbocycles. The lowest BCUT2D eigenvalue weighted by atomic mass is 10.1. The maximum Gasteiger partial charge on any atom is 0.283 e. The monoisotopic (exact) mass is 267 g/mol. The summed E-state index contributed by atoms with van der Waals surface area (Å²) in [6.45, 7) is 5.65. The second kappa shape index (κ2) is 6.54. The summed E-state index contributed by atoms with van der Waals surface area (Å²) in [7, 11) is 0. The molecule has 0 fully saturated rings. The minimum Gasteiger partial charge on any atom is -0.295 e. The molecule has 0 bridgehead atoms. The number of benzene rings is 1. The Morgan fingerprint density at radius 1 is 1.44 bits per heavy atom. The number of rotatable bonds is 6. The van der Waals surface area contributed by atoms with Crippen LogP contribution in [-0.2, 0) is 0 Å². The van der Waals surface area contributed by atoms with Crippen LogP contribution in [0.3, 0.4) is 0 Å². The minimum atomic E-state index is -0.426. The lowest BCUT2D eigenvalue weighted by molar-refractivity contribution is -0.387. The molecule has 18 heavy (non-hydrogen) atoms. The van der Waals surface area contributed by atoms with Crippen LogP contribution in [0, 0.1) is 16.0 Å². The lowest BCUT2D eigenvalue weighted by Gasteiger charge is -2.06. The predicted octanol–water partition coefficient (Wildman–Crippen LogP) is 3.94. The Bertz CT molecular complexity index is 458. The number of carbonyl (C=O) groups is 1. The molecule has 0 unspecified atom stereocenters. The zero-order valence-corrected chi connectivity index (χ0v) is 11.6. The van der Waals surface area contributed by atoms with E-state index in [1.807, 2.05) is 0 Å². The van der Waals surface area contributed by atoms with Crippen molar-refractivity contribution in [3.05, 3.63) is 33.9 Å². The van der Waals surface area contributed by atoms with Crippen LogP contribution in [-0.4, -0.2) is 16.5 Å². The molecule has 0 saturated carbocycles. The second-order valence-electron chi connectivity index (χ2n) is 4.53. The number of Topliss-reactive ketones (excluding diaryl/α,β-unsaturated/α-hetero) is 1. The van der Waals surface area contributed by atoms with Crippen molar-refractivity contribution in [1.82, 2.24) is 0 Å². The third-order valence-corrected chi connectivity index (χ3v) is 3.61. The summed E-state index contributed by atoms with van der Waals surface area (Å²) in [5.74, 6) is 1.27. The van der Waals surface area contributed by atoms with Crippen molar-refractivity contribution in [3.8, 4) is 0 Å². The van der Waals surface area contributed by atoms with Gasteiger partial charge in [-0.2, -0.15) is 0 Å². The molecule has 0 aliphatic heterocycles. The second-order valence-corrected chi connectivity index (χ2v) is 5.66. The van der Waals surface area contributed by atoms with E-state index in [2.05, 4.69) is 13.8 Å². The van der Waals surface area contributed by atoms with Crippen LogP contribution >= 0.6 is 11.8 Å². The lowest BCUT2D eigenvalue weighted by Crippen LogP contribution is -1.98. The van der Waals surface area contributed by atoms with Gasteiger partial charge in [0.15, 0.2) is 5.78 Å². The van der Waals surface area contributed by atoms with Gasteiger partial charge in [0.25, 0.3) is 5.69 Å². The van der Waals surface area contributed by atoms with Gasteiger partial charge in [0.2, 0.25) is 0 Å². The number of carbonyl (C=O) groups excluding carboxylic acids is 1. The average molecular weight is 267 g/mol. The number of nitrogens with zero attached hydrogens (tertiary/aromatic N) is 1. The molecule has 0 spiro atoms. The Balaban J connectivity index is 2.90. The Labute approximate surface area is 111 Å². The van der Waals surface area contributed by atoms with E-state index < -0.39 is 4.92 Å². The summed E-state index contributed by atoms with van der Waals surface area (Å²) >= 11 is 1.47. The Morgan fingerprint density at radius 2 is 2.11 bits per heavy atom. The molecule has 0 heterocycles. The number of thioether (sulfide) groups is 1. The highest BCUT2D eigenvalue weighted by molar-refractivity contribution is 7.99. The van der Waals surface area contributed by atoms with E-state index in [9.17, 15) is 14.9 Å². The topological polar surface area (TPSA) is 60.2 Å². The fraction of sp³-hybridized carbons (Fsp3) is 0.462. The number of nitro groups is 1. The molecule has 1 rings (SSSR count). The summed E-state index contributed by atoms with van der Waals surface area (Å²) in [6, 6.07) is 4.67. The first-order valence-electron chi connectivity index (χ1n) is 5.84. The molecule has 0 atom stereocenters. The van der Waals surface area contributed by atoms with Crippen molar-refractivity contribution in [1.29, 1.82) is 0 Å². The van der Waals surface area contributed by atoms with E-state index in [0.29, 0.717) is 16.4 Å². The zero-order chi connectivity index (χ0) is 13.7. The first kappa shape index (κ1) is 14.7. The van der Waals surface area contributed by atoms with E-state index in [4.69, 9.17) is 0 Å². The van der Waals surface area contributed by atoms with Crippen LogP contribution in [0.2, 0.25) is 0 Å². The molecule has 1 aromatic carbocycles. The average Bonchev–Trinajstić information content (AvgIpc) is 2.28. The molecule has 0 aromatic heterocycles. The van der Waals surface area contributed by atoms with Crippen LogP contribution in [0.25, 0.3) is 0 Å². The quantitative estimate of drug-likeness (QED) is 0.339. The fourth-order valence-corrected chi connectivity index (χ4v) is 2.66. The van der Waals surface area contributed by atoms with Gasteiger partial charge in [-0.1, -0.05) is 13.8 Å². The van der Waals surface area contributed by atoms with Crippen LogP contribution in [0.5, 0.6) is 0 Å². The number of ketones is 1. The smallest absolute Gasteiger partial charge is 0.283 e.